The molecular weight excluding hydrogens is 262 g/mol. The van der Waals surface area contributed by atoms with Crippen LogP contribution < -0.4 is 11.1 Å². The normalized spacial score (nSPS) is 12.4. The monoisotopic (exact) mass is 291 g/mol. The largest absolute Gasteiger partial charge is 0.382 e. The Morgan fingerprint density at radius 3 is 2.67 bits per heavy atom. The van der Waals surface area contributed by atoms with Crippen LogP contribution in [-0.4, -0.2) is 32.3 Å². The lowest BCUT2D eigenvalue weighted by Crippen LogP contribution is -2.34. The minimum absolute atomic E-state index is 0.0962. The number of ether oxygens (including phenoxy) is 1. The van der Waals surface area contributed by atoms with Crippen LogP contribution in [0.2, 0.25) is 0 Å². The molecule has 0 aliphatic heterocycles. The minimum atomic E-state index is 0.0962. The fraction of sp³-hybridized carbons (Fsp3) is 0.588. The van der Waals surface area contributed by atoms with E-state index >= 15 is 0 Å². The van der Waals surface area contributed by atoms with Crippen molar-refractivity contribution in [1.82, 2.24) is 5.32 Å². The van der Waals surface area contributed by atoms with Crippen LogP contribution in [0.4, 0.5) is 0 Å². The number of benzene rings is 1. The molecule has 1 aromatic rings. The maximum Gasteiger partial charge on any atom is 0.188 e. The van der Waals surface area contributed by atoms with E-state index in [0.29, 0.717) is 12.5 Å². The van der Waals surface area contributed by atoms with Gasteiger partial charge in [-0.15, -0.1) is 0 Å². The zero-order valence-electron chi connectivity index (χ0n) is 13.6. The van der Waals surface area contributed by atoms with Crippen LogP contribution in [0.1, 0.15) is 32.8 Å². The Kier molecular flexibility index (Phi) is 7.83. The summed E-state index contributed by atoms with van der Waals surface area (Å²) in [5.74, 6) is 0.521. The molecule has 21 heavy (non-hydrogen) atoms. The predicted molar refractivity (Wildman–Crippen MR) is 89.5 cm³/mol. The number of hydrogen-bond acceptors (Lipinski definition) is 2. The van der Waals surface area contributed by atoms with Crippen LogP contribution in [0.15, 0.2) is 35.3 Å². The number of nitrogens with two attached hydrogens (primary N) is 1. The van der Waals surface area contributed by atoms with Gasteiger partial charge in [-0.1, -0.05) is 44.2 Å². The summed E-state index contributed by atoms with van der Waals surface area (Å²) < 4.78 is 5.28. The molecule has 0 bridgehead atoms. The van der Waals surface area contributed by atoms with Gasteiger partial charge in [-0.25, -0.2) is 0 Å². The molecule has 1 aromatic carbocycles. The maximum absolute atomic E-state index is 5.89. The van der Waals surface area contributed by atoms with Crippen molar-refractivity contribution in [3.8, 4) is 0 Å². The fourth-order valence-electron chi connectivity index (χ4n) is 2.09. The van der Waals surface area contributed by atoms with Crippen molar-refractivity contribution in [2.75, 3.05) is 26.3 Å². The third-order valence-corrected chi connectivity index (χ3v) is 3.18. The lowest BCUT2D eigenvalue weighted by Gasteiger charge is -2.22. The SMILES string of the molecule is CCOCCCNC(N)=NCC(C)(C)Cc1ccccc1. The second kappa shape index (κ2) is 9.40. The van der Waals surface area contributed by atoms with Crippen LogP contribution in [0.5, 0.6) is 0 Å². The van der Waals surface area contributed by atoms with Gasteiger partial charge in [-0.05, 0) is 30.7 Å². The van der Waals surface area contributed by atoms with Gasteiger partial charge < -0.3 is 15.8 Å². The Labute approximate surface area is 128 Å². The molecule has 0 heterocycles. The molecule has 0 saturated carbocycles. The molecule has 0 aliphatic rings. The fourth-order valence-corrected chi connectivity index (χ4v) is 2.09. The van der Waals surface area contributed by atoms with Crippen molar-refractivity contribution in [3.05, 3.63) is 35.9 Å². The van der Waals surface area contributed by atoms with E-state index in [1.165, 1.54) is 5.56 Å². The molecule has 1 rings (SSSR count). The predicted octanol–water partition coefficient (Wildman–Crippen LogP) is 2.59. The summed E-state index contributed by atoms with van der Waals surface area (Å²) in [6.45, 7) is 9.46. The average molecular weight is 291 g/mol. The number of hydrogen-bond donors (Lipinski definition) is 2. The third-order valence-electron chi connectivity index (χ3n) is 3.18. The Hall–Kier alpha value is -1.55. The van der Waals surface area contributed by atoms with Crippen molar-refractivity contribution in [2.24, 2.45) is 16.1 Å². The Morgan fingerprint density at radius 1 is 1.29 bits per heavy atom. The zero-order chi connectivity index (χ0) is 15.6. The molecule has 4 heteroatoms. The lowest BCUT2D eigenvalue weighted by atomic mass is 9.86. The van der Waals surface area contributed by atoms with Gasteiger partial charge in [0.2, 0.25) is 0 Å². The van der Waals surface area contributed by atoms with Crippen LogP contribution in [0, 0.1) is 5.41 Å². The van der Waals surface area contributed by atoms with Gasteiger partial charge in [0.15, 0.2) is 5.96 Å². The molecule has 4 nitrogen and oxygen atoms in total. The highest BCUT2D eigenvalue weighted by Gasteiger charge is 2.18. The van der Waals surface area contributed by atoms with E-state index in [-0.39, 0.29) is 5.41 Å². The number of guanidine groups is 1. The first-order valence-electron chi connectivity index (χ1n) is 7.69. The van der Waals surface area contributed by atoms with Crippen LogP contribution in [-0.2, 0) is 11.2 Å². The molecule has 0 spiro atoms. The summed E-state index contributed by atoms with van der Waals surface area (Å²) in [6, 6.07) is 10.5. The number of rotatable bonds is 9. The summed E-state index contributed by atoms with van der Waals surface area (Å²) >= 11 is 0. The number of aliphatic imine (C=N–C) groups is 1. The standard InChI is InChI=1S/C17H29N3O/c1-4-21-12-8-11-19-16(18)20-14-17(2,3)13-15-9-6-5-7-10-15/h5-7,9-10H,4,8,11-14H2,1-3H3,(H3,18,19,20). The highest BCUT2D eigenvalue weighted by atomic mass is 16.5. The summed E-state index contributed by atoms with van der Waals surface area (Å²) in [7, 11) is 0. The van der Waals surface area contributed by atoms with Gasteiger partial charge in [0, 0.05) is 26.3 Å². The van der Waals surface area contributed by atoms with Gasteiger partial charge in [0.05, 0.1) is 0 Å². The summed E-state index contributed by atoms with van der Waals surface area (Å²) in [5, 5.41) is 3.13. The maximum atomic E-state index is 5.89. The summed E-state index contributed by atoms with van der Waals surface area (Å²) in [4.78, 5) is 4.45. The van der Waals surface area contributed by atoms with Gasteiger partial charge in [-0.2, -0.15) is 0 Å². The topological polar surface area (TPSA) is 59.6 Å². The summed E-state index contributed by atoms with van der Waals surface area (Å²) in [6.07, 6.45) is 1.94. The van der Waals surface area contributed by atoms with Crippen molar-refractivity contribution in [2.45, 2.75) is 33.6 Å². The first-order valence-corrected chi connectivity index (χ1v) is 7.69. The summed E-state index contributed by atoms with van der Waals surface area (Å²) in [5.41, 5.74) is 7.32. The highest BCUT2D eigenvalue weighted by molar-refractivity contribution is 5.77. The molecule has 0 radical (unpaired) electrons. The average Bonchev–Trinajstić information content (AvgIpc) is 2.46. The van der Waals surface area contributed by atoms with Gasteiger partial charge >= 0.3 is 0 Å². The van der Waals surface area contributed by atoms with E-state index in [1.807, 2.05) is 13.0 Å². The number of nitrogens with zero attached hydrogens (tertiary/aromatic N) is 1. The first-order chi connectivity index (χ1) is 10.0. The minimum Gasteiger partial charge on any atom is -0.382 e. The van der Waals surface area contributed by atoms with E-state index in [1.54, 1.807) is 0 Å². The van der Waals surface area contributed by atoms with Gasteiger partial charge in [0.1, 0.15) is 0 Å². The van der Waals surface area contributed by atoms with E-state index in [2.05, 4.69) is 48.4 Å². The van der Waals surface area contributed by atoms with E-state index in [9.17, 15) is 0 Å². The van der Waals surface area contributed by atoms with Crippen molar-refractivity contribution < 1.29 is 4.74 Å². The molecule has 3 N–H and O–H groups in total. The van der Waals surface area contributed by atoms with E-state index in [4.69, 9.17) is 10.5 Å². The molecule has 0 aliphatic carbocycles. The smallest absolute Gasteiger partial charge is 0.188 e. The molecule has 0 atom stereocenters. The van der Waals surface area contributed by atoms with Crippen LogP contribution in [0.3, 0.4) is 0 Å². The van der Waals surface area contributed by atoms with Crippen LogP contribution in [0.25, 0.3) is 0 Å². The molecule has 0 fully saturated rings. The van der Waals surface area contributed by atoms with Crippen molar-refractivity contribution in [1.29, 1.82) is 0 Å². The third kappa shape index (κ3) is 8.35. The molecular formula is C17H29N3O. The Morgan fingerprint density at radius 2 is 2.00 bits per heavy atom. The quantitative estimate of drug-likeness (QED) is 0.418. The van der Waals surface area contributed by atoms with Crippen LogP contribution >= 0.6 is 0 Å². The van der Waals surface area contributed by atoms with Crippen molar-refractivity contribution >= 4 is 5.96 Å². The molecule has 0 amide bonds. The van der Waals surface area contributed by atoms with Crippen molar-refractivity contribution in [3.63, 3.8) is 0 Å². The molecule has 0 unspecified atom stereocenters. The van der Waals surface area contributed by atoms with Gasteiger partial charge in [0.25, 0.3) is 0 Å². The molecule has 0 aromatic heterocycles. The zero-order valence-corrected chi connectivity index (χ0v) is 13.6. The lowest BCUT2D eigenvalue weighted by molar-refractivity contribution is 0.145. The Bertz CT molecular complexity index is 415. The van der Waals surface area contributed by atoms with E-state index < -0.39 is 0 Å². The second-order valence-corrected chi connectivity index (χ2v) is 6.01. The highest BCUT2D eigenvalue weighted by Crippen LogP contribution is 2.21. The second-order valence-electron chi connectivity index (χ2n) is 6.01. The first kappa shape index (κ1) is 17.5. The Balaban J connectivity index is 2.32. The van der Waals surface area contributed by atoms with Gasteiger partial charge in [-0.3, -0.25) is 4.99 Å². The number of nitrogens with one attached hydrogen (secondary N) is 1. The molecule has 118 valence electrons. The van der Waals surface area contributed by atoms with E-state index in [0.717, 1.165) is 32.6 Å². The molecule has 0 saturated heterocycles.